The minimum Gasteiger partial charge on any atom is -0.505 e. The van der Waals surface area contributed by atoms with Crippen LogP contribution in [0.1, 0.15) is 28.9 Å². The van der Waals surface area contributed by atoms with Gasteiger partial charge in [0, 0.05) is 19.0 Å². The van der Waals surface area contributed by atoms with Gasteiger partial charge in [0.05, 0.1) is 0 Å². The zero-order valence-electron chi connectivity index (χ0n) is 14.0. The number of nitrogens with zero attached hydrogens (tertiary/aromatic N) is 3. The Morgan fingerprint density at radius 3 is 2.72 bits per heavy atom. The third-order valence-corrected chi connectivity index (χ3v) is 4.33. The van der Waals surface area contributed by atoms with Crippen molar-refractivity contribution >= 4 is 12.1 Å². The minimum atomic E-state index is -0.504. The largest absolute Gasteiger partial charge is 0.505 e. The van der Waals surface area contributed by atoms with Gasteiger partial charge in [-0.25, -0.2) is 10.4 Å². The lowest BCUT2D eigenvalue weighted by Gasteiger charge is -2.30. The lowest BCUT2D eigenvalue weighted by atomic mass is 9.98. The number of pyridine rings is 1. The van der Waals surface area contributed by atoms with Crippen molar-refractivity contribution in [3.05, 3.63) is 59.9 Å². The topological polar surface area (TPSA) is 77.8 Å². The van der Waals surface area contributed by atoms with Crippen molar-refractivity contribution in [3.63, 3.8) is 0 Å². The standard InChI is InChI=1S/C19H22N4O2/c24-17-7-4-10-20-18(17)19(25)22-21-13-15-8-11-23(12-9-15)14-16-5-2-1-3-6-16/h1-7,10,13,15,24H,8-9,11-12,14H2,(H,22,25). The van der Waals surface area contributed by atoms with Crippen LogP contribution in [-0.4, -0.2) is 40.2 Å². The summed E-state index contributed by atoms with van der Waals surface area (Å²) in [5, 5.41) is 13.6. The Morgan fingerprint density at radius 2 is 2.00 bits per heavy atom. The summed E-state index contributed by atoms with van der Waals surface area (Å²) < 4.78 is 0. The molecule has 1 aliphatic rings. The molecular formula is C19H22N4O2. The van der Waals surface area contributed by atoms with Crippen LogP contribution >= 0.6 is 0 Å². The molecule has 6 nitrogen and oxygen atoms in total. The van der Waals surface area contributed by atoms with Gasteiger partial charge in [0.15, 0.2) is 5.69 Å². The molecule has 1 saturated heterocycles. The first-order chi connectivity index (χ1) is 12.2. The minimum absolute atomic E-state index is 0.0164. The zero-order chi connectivity index (χ0) is 17.5. The molecule has 6 heteroatoms. The quantitative estimate of drug-likeness (QED) is 0.648. The van der Waals surface area contributed by atoms with Crippen LogP contribution in [0.3, 0.4) is 0 Å². The molecule has 0 saturated carbocycles. The first-order valence-corrected chi connectivity index (χ1v) is 8.46. The summed E-state index contributed by atoms with van der Waals surface area (Å²) in [4.78, 5) is 18.2. The average molecular weight is 338 g/mol. The Hall–Kier alpha value is -2.73. The summed E-state index contributed by atoms with van der Waals surface area (Å²) in [6.07, 6.45) is 5.28. The predicted molar refractivity (Wildman–Crippen MR) is 96.3 cm³/mol. The fraction of sp³-hybridized carbons (Fsp3) is 0.316. The Bertz CT molecular complexity index is 725. The molecule has 0 aliphatic carbocycles. The molecule has 2 N–H and O–H groups in total. The van der Waals surface area contributed by atoms with E-state index in [2.05, 4.69) is 44.7 Å². The van der Waals surface area contributed by atoms with Gasteiger partial charge in [0.25, 0.3) is 5.91 Å². The molecule has 0 bridgehead atoms. The molecule has 0 unspecified atom stereocenters. The highest BCUT2D eigenvalue weighted by Crippen LogP contribution is 2.17. The van der Waals surface area contributed by atoms with Crippen molar-refractivity contribution < 1.29 is 9.90 Å². The van der Waals surface area contributed by atoms with E-state index in [1.165, 1.54) is 17.8 Å². The number of hydrazone groups is 1. The number of nitrogens with one attached hydrogen (secondary N) is 1. The van der Waals surface area contributed by atoms with Crippen molar-refractivity contribution in [1.82, 2.24) is 15.3 Å². The molecule has 0 spiro atoms. The van der Waals surface area contributed by atoms with Gasteiger partial charge in [-0.3, -0.25) is 9.69 Å². The van der Waals surface area contributed by atoms with E-state index in [0.717, 1.165) is 32.5 Å². The van der Waals surface area contributed by atoms with Gasteiger partial charge >= 0.3 is 0 Å². The van der Waals surface area contributed by atoms with Crippen LogP contribution in [0.4, 0.5) is 0 Å². The number of benzene rings is 1. The second kappa shape index (κ2) is 8.39. The normalized spacial score (nSPS) is 16.2. The number of hydrogen-bond acceptors (Lipinski definition) is 5. The predicted octanol–water partition coefficient (Wildman–Crippen LogP) is 2.42. The summed E-state index contributed by atoms with van der Waals surface area (Å²) in [7, 11) is 0. The zero-order valence-corrected chi connectivity index (χ0v) is 14.0. The van der Waals surface area contributed by atoms with Crippen molar-refractivity contribution in [1.29, 1.82) is 0 Å². The molecule has 1 aliphatic heterocycles. The van der Waals surface area contributed by atoms with Crippen molar-refractivity contribution in [2.24, 2.45) is 11.0 Å². The van der Waals surface area contributed by atoms with Crippen LogP contribution in [0.5, 0.6) is 5.75 Å². The van der Waals surface area contributed by atoms with Crippen LogP contribution in [0.25, 0.3) is 0 Å². The maximum absolute atomic E-state index is 11.9. The summed E-state index contributed by atoms with van der Waals surface area (Å²) in [6, 6.07) is 13.5. The van der Waals surface area contributed by atoms with Crippen molar-refractivity contribution in [2.75, 3.05) is 13.1 Å². The molecule has 1 aromatic heterocycles. The molecule has 0 atom stereocenters. The molecule has 3 rings (SSSR count). The van der Waals surface area contributed by atoms with Gasteiger partial charge in [-0.2, -0.15) is 5.10 Å². The number of carbonyl (C=O) groups excluding carboxylic acids is 1. The molecule has 0 radical (unpaired) electrons. The van der Waals surface area contributed by atoms with E-state index < -0.39 is 5.91 Å². The number of aromatic hydroxyl groups is 1. The molecule has 25 heavy (non-hydrogen) atoms. The number of likely N-dealkylation sites (tertiary alicyclic amines) is 1. The van der Waals surface area contributed by atoms with Gasteiger partial charge in [-0.1, -0.05) is 30.3 Å². The fourth-order valence-electron chi connectivity index (χ4n) is 2.93. The average Bonchev–Trinajstić information content (AvgIpc) is 2.64. The van der Waals surface area contributed by atoms with Crippen LogP contribution in [0.15, 0.2) is 53.8 Å². The Labute approximate surface area is 147 Å². The fourth-order valence-corrected chi connectivity index (χ4v) is 2.93. The number of aromatic nitrogens is 1. The van der Waals surface area contributed by atoms with Gasteiger partial charge in [-0.05, 0) is 49.5 Å². The molecule has 1 aromatic carbocycles. The molecule has 2 aromatic rings. The summed E-state index contributed by atoms with van der Waals surface area (Å²) in [5.74, 6) is -0.301. The number of carbonyl (C=O) groups is 1. The first kappa shape index (κ1) is 17.1. The molecular weight excluding hydrogens is 316 g/mol. The summed E-state index contributed by atoms with van der Waals surface area (Å²) >= 11 is 0. The van der Waals surface area contributed by atoms with Crippen LogP contribution in [0, 0.1) is 5.92 Å². The van der Waals surface area contributed by atoms with Crippen molar-refractivity contribution in [3.8, 4) is 5.75 Å². The van der Waals surface area contributed by atoms with E-state index in [0.29, 0.717) is 5.92 Å². The Kier molecular flexibility index (Phi) is 5.74. The molecule has 2 heterocycles. The molecule has 1 amide bonds. The van der Waals surface area contributed by atoms with Crippen molar-refractivity contribution in [2.45, 2.75) is 19.4 Å². The van der Waals surface area contributed by atoms with Crippen LogP contribution in [0.2, 0.25) is 0 Å². The van der Waals surface area contributed by atoms with Gasteiger partial charge in [0.2, 0.25) is 0 Å². The Morgan fingerprint density at radius 1 is 1.24 bits per heavy atom. The van der Waals surface area contributed by atoms with E-state index in [1.54, 1.807) is 12.3 Å². The van der Waals surface area contributed by atoms with E-state index in [4.69, 9.17) is 0 Å². The number of amides is 1. The molecule has 130 valence electrons. The van der Waals surface area contributed by atoms with E-state index in [9.17, 15) is 9.90 Å². The highest BCUT2D eigenvalue weighted by Gasteiger charge is 2.18. The highest BCUT2D eigenvalue weighted by atomic mass is 16.3. The molecule has 1 fully saturated rings. The second-order valence-electron chi connectivity index (χ2n) is 6.19. The van der Waals surface area contributed by atoms with Gasteiger partial charge in [0.1, 0.15) is 5.75 Å². The smallest absolute Gasteiger partial charge is 0.293 e. The first-order valence-electron chi connectivity index (χ1n) is 8.46. The van der Waals surface area contributed by atoms with E-state index in [1.807, 2.05) is 6.07 Å². The van der Waals surface area contributed by atoms with E-state index >= 15 is 0 Å². The monoisotopic (exact) mass is 338 g/mol. The lowest BCUT2D eigenvalue weighted by molar-refractivity contribution is 0.0947. The lowest BCUT2D eigenvalue weighted by Crippen LogP contribution is -2.34. The van der Waals surface area contributed by atoms with Gasteiger partial charge in [-0.15, -0.1) is 0 Å². The maximum Gasteiger partial charge on any atom is 0.293 e. The summed E-state index contributed by atoms with van der Waals surface area (Å²) in [6.45, 7) is 3.00. The third kappa shape index (κ3) is 4.87. The number of hydrogen-bond donors (Lipinski definition) is 2. The van der Waals surface area contributed by atoms with Crippen LogP contribution in [-0.2, 0) is 6.54 Å². The maximum atomic E-state index is 11.9. The number of piperidine rings is 1. The van der Waals surface area contributed by atoms with E-state index in [-0.39, 0.29) is 11.4 Å². The van der Waals surface area contributed by atoms with Gasteiger partial charge < -0.3 is 5.11 Å². The second-order valence-corrected chi connectivity index (χ2v) is 6.19. The summed E-state index contributed by atoms with van der Waals surface area (Å²) in [5.41, 5.74) is 3.75. The Balaban J connectivity index is 1.43. The SMILES string of the molecule is O=C(NN=CC1CCN(Cc2ccccc2)CC1)c1ncccc1O. The van der Waals surface area contributed by atoms with Crippen LogP contribution < -0.4 is 5.43 Å². The third-order valence-electron chi connectivity index (χ3n) is 4.33. The highest BCUT2D eigenvalue weighted by molar-refractivity contribution is 5.94. The number of rotatable bonds is 5.